The fourth-order valence-electron chi connectivity index (χ4n) is 2.96. The number of para-hydroxylation sites is 1. The highest BCUT2D eigenvalue weighted by Crippen LogP contribution is 2.31. The minimum atomic E-state index is -0.640. The number of ether oxygens (including phenoxy) is 1. The summed E-state index contributed by atoms with van der Waals surface area (Å²) in [4.78, 5) is 39.5. The number of carbonyl (C=O) groups is 2. The number of anilines is 1. The number of thiazole rings is 1. The molecule has 0 aliphatic heterocycles. The minimum absolute atomic E-state index is 0.0431. The molecule has 9 nitrogen and oxygen atoms in total. The molecule has 1 aromatic heterocycles. The number of hydrogen-bond acceptors (Lipinski definition) is 8. The fraction of sp³-hybridized carbons (Fsp3) is 0.0455. The average molecular weight is 481 g/mol. The second-order valence-electron chi connectivity index (χ2n) is 6.65. The van der Waals surface area contributed by atoms with Crippen molar-refractivity contribution in [3.05, 3.63) is 82.4 Å². The molecule has 4 rings (SSSR count). The molecule has 0 unspecified atom stereocenters. The SMILES string of the molecule is COc1ccc(C(=O)SNC(=O)Nc2ccc(-c3nc4ccccc4s3)cc2)cc1[N+](=O)[O-]. The normalized spacial score (nSPS) is 10.6. The van der Waals surface area contributed by atoms with Crippen LogP contribution in [-0.4, -0.2) is 28.2 Å². The van der Waals surface area contributed by atoms with E-state index >= 15 is 0 Å². The molecule has 0 saturated heterocycles. The predicted molar refractivity (Wildman–Crippen MR) is 129 cm³/mol. The number of hydrogen-bond donors (Lipinski definition) is 2. The van der Waals surface area contributed by atoms with E-state index in [1.54, 1.807) is 23.5 Å². The van der Waals surface area contributed by atoms with Crippen LogP contribution >= 0.6 is 23.3 Å². The molecule has 166 valence electrons. The van der Waals surface area contributed by atoms with Crippen molar-refractivity contribution in [2.45, 2.75) is 0 Å². The van der Waals surface area contributed by atoms with Gasteiger partial charge in [-0.2, -0.15) is 0 Å². The second-order valence-corrected chi connectivity index (χ2v) is 8.46. The van der Waals surface area contributed by atoms with E-state index < -0.39 is 16.1 Å². The third-order valence-corrected chi connectivity index (χ3v) is 6.33. The van der Waals surface area contributed by atoms with Crippen molar-refractivity contribution in [1.29, 1.82) is 0 Å². The molecule has 11 heteroatoms. The number of methoxy groups -OCH3 is 1. The largest absolute Gasteiger partial charge is 0.490 e. The van der Waals surface area contributed by atoms with Crippen molar-refractivity contribution in [3.8, 4) is 16.3 Å². The van der Waals surface area contributed by atoms with Gasteiger partial charge in [0.15, 0.2) is 5.75 Å². The minimum Gasteiger partial charge on any atom is -0.490 e. The van der Waals surface area contributed by atoms with Gasteiger partial charge in [-0.25, -0.2) is 9.78 Å². The summed E-state index contributed by atoms with van der Waals surface area (Å²) < 4.78 is 8.39. The van der Waals surface area contributed by atoms with Gasteiger partial charge in [-0.15, -0.1) is 11.3 Å². The number of nitro benzene ring substituents is 1. The quantitative estimate of drug-likeness (QED) is 0.220. The molecule has 1 heterocycles. The van der Waals surface area contributed by atoms with Gasteiger partial charge in [0.05, 0.1) is 22.2 Å². The lowest BCUT2D eigenvalue weighted by Crippen LogP contribution is -2.24. The molecule has 0 fully saturated rings. The third kappa shape index (κ3) is 5.10. The van der Waals surface area contributed by atoms with Gasteiger partial charge < -0.3 is 10.1 Å². The molecule has 0 spiro atoms. The Kier molecular flexibility index (Phi) is 6.52. The van der Waals surface area contributed by atoms with E-state index in [1.807, 2.05) is 36.4 Å². The van der Waals surface area contributed by atoms with Crippen molar-refractivity contribution in [3.63, 3.8) is 0 Å². The van der Waals surface area contributed by atoms with Crippen LogP contribution in [0.5, 0.6) is 5.75 Å². The zero-order chi connectivity index (χ0) is 23.4. The molecular formula is C22H16N4O5S2. The summed E-state index contributed by atoms with van der Waals surface area (Å²) in [6.45, 7) is 0. The summed E-state index contributed by atoms with van der Waals surface area (Å²) in [6, 6.07) is 18.3. The molecule has 4 aromatic rings. The Balaban J connectivity index is 1.35. The average Bonchev–Trinajstić information content (AvgIpc) is 3.27. The summed E-state index contributed by atoms with van der Waals surface area (Å²) in [5.41, 5.74) is 2.12. The van der Waals surface area contributed by atoms with E-state index in [0.717, 1.165) is 26.9 Å². The lowest BCUT2D eigenvalue weighted by Gasteiger charge is -2.07. The summed E-state index contributed by atoms with van der Waals surface area (Å²) in [7, 11) is 1.30. The molecule has 2 N–H and O–H groups in total. The van der Waals surface area contributed by atoms with Gasteiger partial charge in [0, 0.05) is 34.8 Å². The van der Waals surface area contributed by atoms with Crippen LogP contribution in [0.25, 0.3) is 20.8 Å². The Labute approximate surface area is 196 Å². The lowest BCUT2D eigenvalue weighted by molar-refractivity contribution is -0.385. The number of benzene rings is 3. The van der Waals surface area contributed by atoms with E-state index in [-0.39, 0.29) is 17.0 Å². The Morgan fingerprint density at radius 3 is 2.55 bits per heavy atom. The Bertz CT molecular complexity index is 1320. The fourth-order valence-corrected chi connectivity index (χ4v) is 4.41. The maximum atomic E-state index is 12.3. The van der Waals surface area contributed by atoms with Crippen LogP contribution in [0.2, 0.25) is 0 Å². The van der Waals surface area contributed by atoms with Crippen LogP contribution in [0.15, 0.2) is 66.7 Å². The summed E-state index contributed by atoms with van der Waals surface area (Å²) in [5, 5.41) is 14.1. The number of fused-ring (bicyclic) bond motifs is 1. The molecule has 2 amide bonds. The van der Waals surface area contributed by atoms with Gasteiger partial charge in [0.2, 0.25) is 5.12 Å². The van der Waals surface area contributed by atoms with Gasteiger partial charge >= 0.3 is 11.7 Å². The van der Waals surface area contributed by atoms with Gasteiger partial charge in [-0.3, -0.25) is 19.6 Å². The first-order valence-electron chi connectivity index (χ1n) is 9.51. The van der Waals surface area contributed by atoms with Crippen LogP contribution in [-0.2, 0) is 0 Å². The van der Waals surface area contributed by atoms with E-state index in [4.69, 9.17) is 4.74 Å². The number of nitrogens with zero attached hydrogens (tertiary/aromatic N) is 2. The first kappa shape index (κ1) is 22.2. The van der Waals surface area contributed by atoms with Crippen molar-refractivity contribution in [2.24, 2.45) is 0 Å². The molecule has 0 radical (unpaired) electrons. The Morgan fingerprint density at radius 1 is 1.09 bits per heavy atom. The third-order valence-electron chi connectivity index (χ3n) is 4.53. The maximum Gasteiger partial charge on any atom is 0.329 e. The standard InChI is InChI=1S/C22H16N4O5S2/c1-31-18-11-8-14(12-17(18)26(29)30)21(27)33-25-22(28)23-15-9-6-13(7-10-15)20-24-16-4-2-3-5-19(16)32-20/h2-12H,1H3,(H2,23,25,28). The van der Waals surface area contributed by atoms with Crippen LogP contribution in [0.3, 0.4) is 0 Å². The molecule has 0 aliphatic carbocycles. The maximum absolute atomic E-state index is 12.3. The highest BCUT2D eigenvalue weighted by molar-refractivity contribution is 8.12. The zero-order valence-corrected chi connectivity index (χ0v) is 18.7. The lowest BCUT2D eigenvalue weighted by atomic mass is 10.2. The van der Waals surface area contributed by atoms with Gasteiger partial charge in [-0.1, -0.05) is 12.1 Å². The number of urea groups is 1. The highest BCUT2D eigenvalue weighted by atomic mass is 32.2. The van der Waals surface area contributed by atoms with Crippen LogP contribution in [0.1, 0.15) is 10.4 Å². The van der Waals surface area contributed by atoms with Gasteiger partial charge in [0.25, 0.3) is 0 Å². The first-order valence-corrected chi connectivity index (χ1v) is 11.1. The summed E-state index contributed by atoms with van der Waals surface area (Å²) in [6.07, 6.45) is 0. The summed E-state index contributed by atoms with van der Waals surface area (Å²) >= 11 is 2.10. The smallest absolute Gasteiger partial charge is 0.329 e. The van der Waals surface area contributed by atoms with Crippen LogP contribution < -0.4 is 14.8 Å². The molecule has 0 saturated carbocycles. The van der Waals surface area contributed by atoms with Crippen LogP contribution in [0, 0.1) is 10.1 Å². The monoisotopic (exact) mass is 480 g/mol. The second kappa shape index (κ2) is 9.67. The van der Waals surface area contributed by atoms with Crippen LogP contribution in [0.4, 0.5) is 16.2 Å². The number of carbonyl (C=O) groups excluding carboxylic acids is 2. The Hall–Kier alpha value is -3.96. The number of aromatic nitrogens is 1. The molecule has 3 aromatic carbocycles. The van der Waals surface area contributed by atoms with E-state index in [9.17, 15) is 19.7 Å². The summed E-state index contributed by atoms with van der Waals surface area (Å²) in [5.74, 6) is 0.0431. The zero-order valence-electron chi connectivity index (χ0n) is 17.1. The van der Waals surface area contributed by atoms with Gasteiger partial charge in [0.1, 0.15) is 5.01 Å². The van der Waals surface area contributed by atoms with Crippen molar-refractivity contribution >= 4 is 56.0 Å². The molecular weight excluding hydrogens is 464 g/mol. The number of amides is 2. The number of nitro groups is 1. The first-order chi connectivity index (χ1) is 15.9. The Morgan fingerprint density at radius 2 is 1.85 bits per heavy atom. The molecule has 0 aliphatic rings. The predicted octanol–water partition coefficient (Wildman–Crippen LogP) is 5.49. The van der Waals surface area contributed by atoms with Gasteiger partial charge in [-0.05, 0) is 48.5 Å². The topological polar surface area (TPSA) is 123 Å². The number of nitrogens with one attached hydrogen (secondary N) is 2. The van der Waals surface area contributed by atoms with Crippen molar-refractivity contribution < 1.29 is 19.2 Å². The molecule has 0 bridgehead atoms. The highest BCUT2D eigenvalue weighted by Gasteiger charge is 2.19. The van der Waals surface area contributed by atoms with Crippen molar-refractivity contribution in [1.82, 2.24) is 9.71 Å². The van der Waals surface area contributed by atoms with E-state index in [1.165, 1.54) is 19.2 Å². The van der Waals surface area contributed by atoms with E-state index in [0.29, 0.717) is 17.6 Å². The van der Waals surface area contributed by atoms with E-state index in [2.05, 4.69) is 15.0 Å². The van der Waals surface area contributed by atoms with Crippen molar-refractivity contribution in [2.75, 3.05) is 12.4 Å². The molecule has 0 atom stereocenters. The number of rotatable bonds is 5. The molecule has 33 heavy (non-hydrogen) atoms.